The smallest absolute Gasteiger partial charge is 0.407 e. The summed E-state index contributed by atoms with van der Waals surface area (Å²) in [6.45, 7) is 2.06. The molecular formula is C10H17NO2. The van der Waals surface area contributed by atoms with Gasteiger partial charge in [-0.3, -0.25) is 0 Å². The molecule has 0 unspecified atom stereocenters. The average molecular weight is 183 g/mol. The lowest BCUT2D eigenvalue weighted by molar-refractivity contribution is 0.0975. The molecule has 2 aliphatic rings. The van der Waals surface area contributed by atoms with E-state index >= 15 is 0 Å². The summed E-state index contributed by atoms with van der Waals surface area (Å²) in [5, 5.41) is 2.90. The largest absolute Gasteiger partial charge is 0.446 e. The van der Waals surface area contributed by atoms with Crippen LogP contribution in [0.15, 0.2) is 0 Å². The normalized spacial score (nSPS) is 25.6. The first-order valence-electron chi connectivity index (χ1n) is 5.17. The zero-order valence-electron chi connectivity index (χ0n) is 8.14. The van der Waals surface area contributed by atoms with Gasteiger partial charge < -0.3 is 10.1 Å². The first-order valence-corrected chi connectivity index (χ1v) is 5.17. The number of ether oxygens (including phenoxy) is 1. The van der Waals surface area contributed by atoms with Gasteiger partial charge in [-0.1, -0.05) is 0 Å². The van der Waals surface area contributed by atoms with Gasteiger partial charge in [-0.05, 0) is 45.4 Å². The Bertz CT molecular complexity index is 205. The number of hydrogen-bond acceptors (Lipinski definition) is 2. The first-order chi connectivity index (χ1) is 6.18. The second-order valence-corrected chi connectivity index (χ2v) is 4.50. The van der Waals surface area contributed by atoms with Crippen molar-refractivity contribution in [3.05, 3.63) is 0 Å². The van der Waals surface area contributed by atoms with E-state index in [2.05, 4.69) is 12.2 Å². The van der Waals surface area contributed by atoms with Crippen molar-refractivity contribution in [3.8, 4) is 0 Å². The van der Waals surface area contributed by atoms with Crippen LogP contribution in [0.25, 0.3) is 0 Å². The minimum absolute atomic E-state index is 0.0513. The summed E-state index contributed by atoms with van der Waals surface area (Å²) in [6.07, 6.45) is 6.65. The highest BCUT2D eigenvalue weighted by molar-refractivity contribution is 5.69. The van der Waals surface area contributed by atoms with Crippen molar-refractivity contribution in [1.82, 2.24) is 5.32 Å². The number of nitrogens with one attached hydrogen (secondary N) is 1. The molecule has 2 fully saturated rings. The quantitative estimate of drug-likeness (QED) is 0.712. The van der Waals surface area contributed by atoms with Crippen LogP contribution in [0.5, 0.6) is 0 Å². The number of hydrogen-bond donors (Lipinski definition) is 1. The van der Waals surface area contributed by atoms with E-state index in [9.17, 15) is 4.79 Å². The summed E-state index contributed by atoms with van der Waals surface area (Å²) in [4.78, 5) is 11.3. The molecule has 0 aliphatic heterocycles. The average Bonchev–Trinajstić information content (AvgIpc) is 2.61. The van der Waals surface area contributed by atoms with Gasteiger partial charge in [0.1, 0.15) is 6.10 Å². The van der Waals surface area contributed by atoms with Gasteiger partial charge in [-0.15, -0.1) is 0 Å². The van der Waals surface area contributed by atoms with E-state index in [-0.39, 0.29) is 17.7 Å². The number of carbonyl (C=O) groups excluding carboxylic acids is 1. The molecule has 0 spiro atoms. The fourth-order valence-corrected chi connectivity index (χ4v) is 1.75. The van der Waals surface area contributed by atoms with Crippen molar-refractivity contribution < 1.29 is 9.53 Å². The van der Waals surface area contributed by atoms with E-state index in [4.69, 9.17) is 4.74 Å². The Hall–Kier alpha value is -0.730. The van der Waals surface area contributed by atoms with Crippen molar-refractivity contribution in [1.29, 1.82) is 0 Å². The Kier molecular flexibility index (Phi) is 2.18. The molecule has 0 saturated heterocycles. The molecule has 0 bridgehead atoms. The maximum atomic E-state index is 11.3. The van der Waals surface area contributed by atoms with Gasteiger partial charge >= 0.3 is 6.09 Å². The zero-order valence-corrected chi connectivity index (χ0v) is 8.14. The molecule has 2 aliphatic carbocycles. The molecule has 3 heteroatoms. The molecule has 74 valence electrons. The molecule has 2 saturated carbocycles. The molecule has 2 rings (SSSR count). The van der Waals surface area contributed by atoms with Crippen LogP contribution >= 0.6 is 0 Å². The standard InChI is InChI=1S/C10H17NO2/c1-10(6-7-10)11-9(12)13-8-4-2-3-5-8/h8H,2-7H2,1H3,(H,11,12). The van der Waals surface area contributed by atoms with E-state index in [0.717, 1.165) is 25.7 Å². The van der Waals surface area contributed by atoms with Gasteiger partial charge in [-0.25, -0.2) is 4.79 Å². The van der Waals surface area contributed by atoms with Crippen LogP contribution in [0.3, 0.4) is 0 Å². The van der Waals surface area contributed by atoms with Crippen LogP contribution < -0.4 is 5.32 Å². The maximum Gasteiger partial charge on any atom is 0.407 e. The summed E-state index contributed by atoms with van der Waals surface area (Å²) in [6, 6.07) is 0. The predicted octanol–water partition coefficient (Wildman–Crippen LogP) is 2.21. The number of amides is 1. The molecule has 1 amide bonds. The van der Waals surface area contributed by atoms with Crippen LogP contribution in [0.2, 0.25) is 0 Å². The summed E-state index contributed by atoms with van der Waals surface area (Å²) in [5.74, 6) is 0. The van der Waals surface area contributed by atoms with E-state index in [0.29, 0.717) is 0 Å². The van der Waals surface area contributed by atoms with Gasteiger partial charge in [0.2, 0.25) is 0 Å². The van der Waals surface area contributed by atoms with Gasteiger partial charge in [0, 0.05) is 5.54 Å². The van der Waals surface area contributed by atoms with Crippen LogP contribution in [0.4, 0.5) is 4.79 Å². The Morgan fingerprint density at radius 2 is 2.00 bits per heavy atom. The Balaban J connectivity index is 1.71. The molecule has 3 nitrogen and oxygen atoms in total. The highest BCUT2D eigenvalue weighted by Gasteiger charge is 2.39. The van der Waals surface area contributed by atoms with Crippen molar-refractivity contribution in [3.63, 3.8) is 0 Å². The molecule has 0 aromatic heterocycles. The minimum Gasteiger partial charge on any atom is -0.446 e. The van der Waals surface area contributed by atoms with Gasteiger partial charge in [-0.2, -0.15) is 0 Å². The second-order valence-electron chi connectivity index (χ2n) is 4.50. The van der Waals surface area contributed by atoms with Gasteiger partial charge in [0.05, 0.1) is 0 Å². The van der Waals surface area contributed by atoms with Crippen LogP contribution in [0, 0.1) is 0 Å². The van der Waals surface area contributed by atoms with Crippen molar-refractivity contribution in [2.24, 2.45) is 0 Å². The Labute approximate surface area is 78.8 Å². The molecule has 0 aromatic carbocycles. The van der Waals surface area contributed by atoms with Crippen LogP contribution in [-0.2, 0) is 4.74 Å². The van der Waals surface area contributed by atoms with Crippen LogP contribution in [-0.4, -0.2) is 17.7 Å². The minimum atomic E-state index is -0.216. The molecule has 0 aromatic rings. The summed E-state index contributed by atoms with van der Waals surface area (Å²) in [7, 11) is 0. The molecule has 1 N–H and O–H groups in total. The Morgan fingerprint density at radius 1 is 1.38 bits per heavy atom. The lowest BCUT2D eigenvalue weighted by Gasteiger charge is -2.15. The monoisotopic (exact) mass is 183 g/mol. The van der Waals surface area contributed by atoms with E-state index in [1.807, 2.05) is 0 Å². The highest BCUT2D eigenvalue weighted by atomic mass is 16.6. The number of alkyl carbamates (subject to hydrolysis) is 1. The molecule has 0 heterocycles. The summed E-state index contributed by atoms with van der Waals surface area (Å²) < 4.78 is 5.28. The van der Waals surface area contributed by atoms with E-state index in [1.165, 1.54) is 12.8 Å². The lowest BCUT2D eigenvalue weighted by atomic mass is 10.3. The second kappa shape index (κ2) is 3.20. The fraction of sp³-hybridized carbons (Fsp3) is 0.900. The summed E-state index contributed by atoms with van der Waals surface area (Å²) in [5.41, 5.74) is 0.0513. The third kappa shape index (κ3) is 2.36. The van der Waals surface area contributed by atoms with E-state index < -0.39 is 0 Å². The number of rotatable bonds is 2. The third-order valence-corrected chi connectivity index (χ3v) is 2.98. The number of carbonyl (C=O) groups is 1. The SMILES string of the molecule is CC1(NC(=O)OC2CCCC2)CC1. The lowest BCUT2D eigenvalue weighted by Crippen LogP contribution is -2.36. The zero-order chi connectivity index (χ0) is 9.31. The van der Waals surface area contributed by atoms with E-state index in [1.54, 1.807) is 0 Å². The van der Waals surface area contributed by atoms with Crippen LogP contribution in [0.1, 0.15) is 45.4 Å². The highest BCUT2D eigenvalue weighted by Crippen LogP contribution is 2.34. The first kappa shape index (κ1) is 8.85. The predicted molar refractivity (Wildman–Crippen MR) is 49.5 cm³/mol. The van der Waals surface area contributed by atoms with Gasteiger partial charge in [0.25, 0.3) is 0 Å². The van der Waals surface area contributed by atoms with Crippen molar-refractivity contribution >= 4 is 6.09 Å². The molecule has 0 atom stereocenters. The van der Waals surface area contributed by atoms with Crippen molar-refractivity contribution in [2.75, 3.05) is 0 Å². The Morgan fingerprint density at radius 3 is 2.54 bits per heavy atom. The maximum absolute atomic E-state index is 11.3. The summed E-state index contributed by atoms with van der Waals surface area (Å²) >= 11 is 0. The molecule has 0 radical (unpaired) electrons. The fourth-order valence-electron chi connectivity index (χ4n) is 1.75. The third-order valence-electron chi connectivity index (χ3n) is 2.98. The molecular weight excluding hydrogens is 166 g/mol. The topological polar surface area (TPSA) is 38.3 Å². The van der Waals surface area contributed by atoms with Gasteiger partial charge in [0.15, 0.2) is 0 Å². The molecule has 13 heavy (non-hydrogen) atoms. The van der Waals surface area contributed by atoms with Crippen molar-refractivity contribution in [2.45, 2.75) is 57.1 Å².